The quantitative estimate of drug-likeness (QED) is 0.838. The van der Waals surface area contributed by atoms with Gasteiger partial charge in [0.15, 0.2) is 0 Å². The Kier molecular flexibility index (Phi) is 3.31. The first-order valence-corrected chi connectivity index (χ1v) is 4.59. The number of benzene rings is 1. The summed E-state index contributed by atoms with van der Waals surface area (Å²) in [5, 5.41) is 18.4. The predicted molar refractivity (Wildman–Crippen MR) is 53.6 cm³/mol. The smallest absolute Gasteiger partial charge is 0.341 e. The second-order valence-electron chi connectivity index (χ2n) is 3.33. The van der Waals surface area contributed by atoms with Crippen molar-refractivity contribution in [1.29, 1.82) is 0 Å². The van der Waals surface area contributed by atoms with Crippen molar-refractivity contribution in [3.8, 4) is 0 Å². The Balaban J connectivity index is 3.16. The normalized spacial score (nSPS) is 16.8. The average Bonchev–Trinajstić information content (AvgIpc) is 2.16. The van der Waals surface area contributed by atoms with Gasteiger partial charge in [0, 0.05) is 10.6 Å². The highest BCUT2D eigenvalue weighted by atomic mass is 35.5. The van der Waals surface area contributed by atoms with Crippen LogP contribution in [-0.4, -0.2) is 22.4 Å². The van der Waals surface area contributed by atoms with E-state index < -0.39 is 17.7 Å². The number of aliphatic hydroxyl groups is 1. The van der Waals surface area contributed by atoms with E-state index in [-0.39, 0.29) is 10.6 Å². The van der Waals surface area contributed by atoms with E-state index in [1.807, 2.05) is 0 Å². The van der Waals surface area contributed by atoms with Gasteiger partial charge < -0.3 is 10.2 Å². The molecule has 0 radical (unpaired) electrons. The zero-order valence-corrected chi connectivity index (χ0v) is 8.70. The van der Waals surface area contributed by atoms with Crippen LogP contribution in [0, 0.1) is 0 Å². The molecule has 0 saturated heterocycles. The van der Waals surface area contributed by atoms with Gasteiger partial charge in [-0.2, -0.15) is 0 Å². The molecule has 0 saturated carbocycles. The molecule has 0 amide bonds. The van der Waals surface area contributed by atoms with Crippen LogP contribution in [0.25, 0.3) is 0 Å². The number of hydrogen-bond donors (Lipinski definition) is 2. The first kappa shape index (κ1) is 11.9. The molecular formula is C10H10ClFO3. The lowest BCUT2D eigenvalue weighted by molar-refractivity contribution is -0.153. The van der Waals surface area contributed by atoms with E-state index in [9.17, 15) is 14.3 Å². The highest BCUT2D eigenvalue weighted by Gasteiger charge is 2.40. The van der Waals surface area contributed by atoms with Crippen molar-refractivity contribution < 1.29 is 19.4 Å². The summed E-state index contributed by atoms with van der Waals surface area (Å²) in [6.45, 7) is 1.08. The molecule has 0 aliphatic carbocycles. The van der Waals surface area contributed by atoms with E-state index in [1.54, 1.807) is 12.1 Å². The van der Waals surface area contributed by atoms with E-state index in [0.29, 0.717) is 0 Å². The highest BCUT2D eigenvalue weighted by Crippen LogP contribution is 2.32. The summed E-state index contributed by atoms with van der Waals surface area (Å²) >= 11 is 5.74. The van der Waals surface area contributed by atoms with Gasteiger partial charge >= 0.3 is 5.97 Å². The highest BCUT2D eigenvalue weighted by molar-refractivity contribution is 6.31. The van der Waals surface area contributed by atoms with Crippen molar-refractivity contribution in [3.05, 3.63) is 34.9 Å². The van der Waals surface area contributed by atoms with Crippen molar-refractivity contribution >= 4 is 17.6 Å². The number of carboxylic acid groups (broad SMARTS) is 1. The number of aliphatic carboxylic acids is 1. The molecule has 2 atom stereocenters. The van der Waals surface area contributed by atoms with Crippen molar-refractivity contribution in [3.63, 3.8) is 0 Å². The third-order valence-corrected chi connectivity index (χ3v) is 2.46. The molecule has 5 heteroatoms. The van der Waals surface area contributed by atoms with Gasteiger partial charge in [0.05, 0.1) is 0 Å². The van der Waals surface area contributed by atoms with E-state index >= 15 is 0 Å². The van der Waals surface area contributed by atoms with Gasteiger partial charge in [-0.15, -0.1) is 0 Å². The fourth-order valence-corrected chi connectivity index (χ4v) is 1.58. The maximum atomic E-state index is 13.3. The Morgan fingerprint density at radius 2 is 2.07 bits per heavy atom. The monoisotopic (exact) mass is 232 g/mol. The Bertz CT molecular complexity index is 379. The zero-order chi connectivity index (χ0) is 11.6. The average molecular weight is 233 g/mol. The largest absolute Gasteiger partial charge is 0.479 e. The van der Waals surface area contributed by atoms with Crippen molar-refractivity contribution in [2.75, 3.05) is 0 Å². The zero-order valence-electron chi connectivity index (χ0n) is 7.95. The SMILES string of the molecule is CC(O)(c1ccccc1Cl)C(F)C(=O)O. The predicted octanol–water partition coefficient (Wildman–Crippen LogP) is 1.97. The maximum Gasteiger partial charge on any atom is 0.341 e. The van der Waals surface area contributed by atoms with Crippen LogP contribution < -0.4 is 0 Å². The second-order valence-corrected chi connectivity index (χ2v) is 3.74. The number of carboxylic acids is 1. The van der Waals surface area contributed by atoms with Crippen LogP contribution in [0.2, 0.25) is 5.02 Å². The molecule has 0 bridgehead atoms. The van der Waals surface area contributed by atoms with E-state index in [0.717, 1.165) is 6.92 Å². The summed E-state index contributed by atoms with van der Waals surface area (Å²) in [4.78, 5) is 10.5. The number of hydrogen-bond acceptors (Lipinski definition) is 2. The third kappa shape index (κ3) is 2.27. The molecule has 0 spiro atoms. The Morgan fingerprint density at radius 1 is 1.53 bits per heavy atom. The van der Waals surface area contributed by atoms with Gasteiger partial charge in [-0.05, 0) is 13.0 Å². The fourth-order valence-electron chi connectivity index (χ4n) is 1.25. The molecule has 15 heavy (non-hydrogen) atoms. The molecule has 0 aliphatic heterocycles. The molecule has 1 aromatic rings. The summed E-state index contributed by atoms with van der Waals surface area (Å²) in [6.07, 6.45) is -2.42. The lowest BCUT2D eigenvalue weighted by atomic mass is 9.91. The lowest BCUT2D eigenvalue weighted by Crippen LogP contribution is -2.39. The van der Waals surface area contributed by atoms with E-state index in [4.69, 9.17) is 16.7 Å². The Hall–Kier alpha value is -1.13. The van der Waals surface area contributed by atoms with Gasteiger partial charge in [-0.3, -0.25) is 0 Å². The van der Waals surface area contributed by atoms with Crippen molar-refractivity contribution in [2.45, 2.75) is 18.7 Å². The molecule has 2 N–H and O–H groups in total. The Morgan fingerprint density at radius 3 is 2.53 bits per heavy atom. The van der Waals surface area contributed by atoms with Gasteiger partial charge in [-0.1, -0.05) is 29.8 Å². The molecule has 0 heterocycles. The number of carbonyl (C=O) groups is 1. The molecular weight excluding hydrogens is 223 g/mol. The summed E-state index contributed by atoms with van der Waals surface area (Å²) in [5.41, 5.74) is -2.08. The topological polar surface area (TPSA) is 57.5 Å². The molecule has 1 aromatic carbocycles. The minimum atomic E-state index is -2.42. The molecule has 0 aliphatic rings. The van der Waals surface area contributed by atoms with Crippen LogP contribution in [0.1, 0.15) is 12.5 Å². The van der Waals surface area contributed by atoms with Crippen LogP contribution in [0.5, 0.6) is 0 Å². The maximum absolute atomic E-state index is 13.3. The van der Waals surface area contributed by atoms with Crippen LogP contribution in [0.15, 0.2) is 24.3 Å². The first-order chi connectivity index (χ1) is 6.87. The van der Waals surface area contributed by atoms with E-state index in [2.05, 4.69) is 0 Å². The minimum Gasteiger partial charge on any atom is -0.479 e. The summed E-state index contributed by atoms with van der Waals surface area (Å²) in [7, 11) is 0. The Labute approximate surface area is 91.1 Å². The molecule has 0 fully saturated rings. The third-order valence-electron chi connectivity index (χ3n) is 2.13. The first-order valence-electron chi connectivity index (χ1n) is 4.21. The number of alkyl halides is 1. The van der Waals surface area contributed by atoms with Crippen LogP contribution in [-0.2, 0) is 10.4 Å². The lowest BCUT2D eigenvalue weighted by Gasteiger charge is -2.25. The fraction of sp³-hybridized carbons (Fsp3) is 0.300. The van der Waals surface area contributed by atoms with Crippen LogP contribution in [0.3, 0.4) is 0 Å². The molecule has 3 nitrogen and oxygen atoms in total. The van der Waals surface area contributed by atoms with Gasteiger partial charge in [-0.25, -0.2) is 9.18 Å². The summed E-state index contributed by atoms with van der Waals surface area (Å²) < 4.78 is 13.3. The number of halogens is 2. The minimum absolute atomic E-state index is 0.0570. The number of rotatable bonds is 3. The van der Waals surface area contributed by atoms with Gasteiger partial charge in [0.1, 0.15) is 5.60 Å². The molecule has 82 valence electrons. The van der Waals surface area contributed by atoms with Gasteiger partial charge in [0.25, 0.3) is 0 Å². The van der Waals surface area contributed by atoms with Crippen molar-refractivity contribution in [2.24, 2.45) is 0 Å². The molecule has 0 aromatic heterocycles. The summed E-state index contributed by atoms with van der Waals surface area (Å²) in [5.74, 6) is -1.72. The van der Waals surface area contributed by atoms with Crippen molar-refractivity contribution in [1.82, 2.24) is 0 Å². The van der Waals surface area contributed by atoms with Gasteiger partial charge in [0.2, 0.25) is 6.17 Å². The standard InChI is InChI=1S/C10H10ClFO3/c1-10(15,8(12)9(13)14)6-4-2-3-5-7(6)11/h2-5,8,15H,1H3,(H,13,14). The van der Waals surface area contributed by atoms with E-state index in [1.165, 1.54) is 12.1 Å². The van der Waals surface area contributed by atoms with Crippen LogP contribution >= 0.6 is 11.6 Å². The second kappa shape index (κ2) is 4.16. The molecule has 2 unspecified atom stereocenters. The summed E-state index contributed by atoms with van der Waals surface area (Å²) in [6, 6.07) is 6.00. The molecule has 1 rings (SSSR count). The van der Waals surface area contributed by atoms with Crippen LogP contribution in [0.4, 0.5) is 4.39 Å².